The first kappa shape index (κ1) is 14.2. The highest BCUT2D eigenvalue weighted by Gasteiger charge is 2.33. The number of likely N-dealkylation sites (N-methyl/N-ethyl adjacent to an activating group) is 1. The molecule has 1 N–H and O–H groups in total. The lowest BCUT2D eigenvalue weighted by Gasteiger charge is -2.21. The van der Waals surface area contributed by atoms with E-state index in [4.69, 9.17) is 0 Å². The van der Waals surface area contributed by atoms with E-state index < -0.39 is 11.7 Å². The van der Waals surface area contributed by atoms with Crippen LogP contribution >= 0.6 is 0 Å². The largest absolute Gasteiger partial charge is 0.418 e. The van der Waals surface area contributed by atoms with Crippen LogP contribution in [0.5, 0.6) is 0 Å². The maximum absolute atomic E-state index is 12.8. The predicted molar refractivity (Wildman–Crippen MR) is 70.2 cm³/mol. The Bertz CT molecular complexity index is 413. The average molecular weight is 272 g/mol. The van der Waals surface area contributed by atoms with Crippen LogP contribution in [-0.4, -0.2) is 30.6 Å². The number of nitrogens with zero attached hydrogens (tertiary/aromatic N) is 1. The van der Waals surface area contributed by atoms with Crippen LogP contribution in [0.15, 0.2) is 24.3 Å². The van der Waals surface area contributed by atoms with Crippen LogP contribution in [0.3, 0.4) is 0 Å². The number of halogens is 3. The van der Waals surface area contributed by atoms with E-state index in [0.29, 0.717) is 12.6 Å². The summed E-state index contributed by atoms with van der Waals surface area (Å²) in [6.45, 7) is 4.36. The summed E-state index contributed by atoms with van der Waals surface area (Å²) in [5.74, 6) is 0. The smallest absolute Gasteiger partial charge is 0.383 e. The highest BCUT2D eigenvalue weighted by Crippen LogP contribution is 2.34. The van der Waals surface area contributed by atoms with Crippen molar-refractivity contribution in [1.29, 1.82) is 0 Å². The summed E-state index contributed by atoms with van der Waals surface area (Å²) in [6.07, 6.45) is -1.87. The van der Waals surface area contributed by atoms with Gasteiger partial charge in [-0.25, -0.2) is 0 Å². The molecule has 0 spiro atoms. The molecule has 0 radical (unpaired) electrons. The molecule has 0 atom stereocenters. The quantitative estimate of drug-likeness (QED) is 0.851. The molecule has 1 fully saturated rings. The van der Waals surface area contributed by atoms with Crippen molar-refractivity contribution in [2.75, 3.05) is 25.0 Å². The van der Waals surface area contributed by atoms with Crippen molar-refractivity contribution in [2.45, 2.75) is 32.0 Å². The molecular weight excluding hydrogens is 253 g/mol. The van der Waals surface area contributed by atoms with Crippen LogP contribution in [0.1, 0.15) is 25.3 Å². The van der Waals surface area contributed by atoms with Crippen LogP contribution in [0.4, 0.5) is 18.9 Å². The maximum Gasteiger partial charge on any atom is 0.418 e. The molecule has 0 aromatic heterocycles. The molecule has 1 aliphatic rings. The fourth-order valence-corrected chi connectivity index (χ4v) is 2.26. The van der Waals surface area contributed by atoms with E-state index in [1.807, 2.05) is 0 Å². The standard InChI is InChI=1S/C14H19F3N2/c1-2-19(11-7-8-11)10-9-18-13-6-4-3-5-12(13)14(15,16)17/h3-6,11,18H,2,7-10H2,1H3. The van der Waals surface area contributed by atoms with Gasteiger partial charge in [0.05, 0.1) is 5.56 Å². The van der Waals surface area contributed by atoms with Gasteiger partial charge in [-0.1, -0.05) is 19.1 Å². The molecule has 0 heterocycles. The van der Waals surface area contributed by atoms with Crippen molar-refractivity contribution in [3.05, 3.63) is 29.8 Å². The van der Waals surface area contributed by atoms with Gasteiger partial charge in [-0.05, 0) is 31.5 Å². The molecule has 19 heavy (non-hydrogen) atoms. The molecular formula is C14H19F3N2. The minimum absolute atomic E-state index is 0.168. The third-order valence-corrected chi connectivity index (χ3v) is 3.42. The second kappa shape index (κ2) is 5.82. The van der Waals surface area contributed by atoms with Crippen molar-refractivity contribution in [1.82, 2.24) is 4.90 Å². The third kappa shape index (κ3) is 3.86. The number of alkyl halides is 3. The van der Waals surface area contributed by atoms with Gasteiger partial charge >= 0.3 is 6.18 Å². The predicted octanol–water partition coefficient (Wildman–Crippen LogP) is 3.60. The Balaban J connectivity index is 1.92. The highest BCUT2D eigenvalue weighted by molar-refractivity contribution is 5.52. The number of hydrogen-bond acceptors (Lipinski definition) is 2. The second-order valence-corrected chi connectivity index (χ2v) is 4.83. The second-order valence-electron chi connectivity index (χ2n) is 4.83. The molecule has 2 nitrogen and oxygen atoms in total. The molecule has 5 heteroatoms. The summed E-state index contributed by atoms with van der Waals surface area (Å²) in [7, 11) is 0. The fourth-order valence-electron chi connectivity index (χ4n) is 2.26. The molecule has 1 saturated carbocycles. The monoisotopic (exact) mass is 272 g/mol. The van der Waals surface area contributed by atoms with Gasteiger partial charge in [0.1, 0.15) is 0 Å². The van der Waals surface area contributed by atoms with E-state index in [2.05, 4.69) is 17.1 Å². The van der Waals surface area contributed by atoms with Gasteiger partial charge in [-0.15, -0.1) is 0 Å². The first-order chi connectivity index (χ1) is 9.02. The fraction of sp³-hybridized carbons (Fsp3) is 0.571. The first-order valence-corrected chi connectivity index (χ1v) is 6.66. The molecule has 0 saturated heterocycles. The zero-order valence-corrected chi connectivity index (χ0v) is 11.0. The molecule has 1 aliphatic carbocycles. The zero-order chi connectivity index (χ0) is 13.9. The third-order valence-electron chi connectivity index (χ3n) is 3.42. The van der Waals surface area contributed by atoms with E-state index in [9.17, 15) is 13.2 Å². The number of nitrogens with one attached hydrogen (secondary N) is 1. The molecule has 2 rings (SSSR count). The van der Waals surface area contributed by atoms with Crippen LogP contribution < -0.4 is 5.32 Å². The van der Waals surface area contributed by atoms with Crippen molar-refractivity contribution < 1.29 is 13.2 Å². The highest BCUT2D eigenvalue weighted by atomic mass is 19.4. The first-order valence-electron chi connectivity index (χ1n) is 6.66. The van der Waals surface area contributed by atoms with Crippen LogP contribution in [0.25, 0.3) is 0 Å². The Morgan fingerprint density at radius 2 is 1.95 bits per heavy atom. The molecule has 0 bridgehead atoms. The molecule has 0 amide bonds. The molecule has 1 aromatic carbocycles. The summed E-state index contributed by atoms with van der Waals surface area (Å²) in [4.78, 5) is 2.31. The van der Waals surface area contributed by atoms with E-state index in [1.165, 1.54) is 25.0 Å². The molecule has 1 aromatic rings. The van der Waals surface area contributed by atoms with Crippen molar-refractivity contribution in [2.24, 2.45) is 0 Å². The Hall–Kier alpha value is -1.23. The number of rotatable bonds is 6. The van der Waals surface area contributed by atoms with Crippen LogP contribution in [0.2, 0.25) is 0 Å². The van der Waals surface area contributed by atoms with Crippen LogP contribution in [0, 0.1) is 0 Å². The Morgan fingerprint density at radius 3 is 2.53 bits per heavy atom. The maximum atomic E-state index is 12.8. The summed E-state index contributed by atoms with van der Waals surface area (Å²) >= 11 is 0. The Morgan fingerprint density at radius 1 is 1.26 bits per heavy atom. The number of hydrogen-bond donors (Lipinski definition) is 1. The van der Waals surface area contributed by atoms with Crippen molar-refractivity contribution >= 4 is 5.69 Å². The van der Waals surface area contributed by atoms with Crippen LogP contribution in [-0.2, 0) is 6.18 Å². The average Bonchev–Trinajstić information content (AvgIpc) is 3.18. The van der Waals surface area contributed by atoms with Gasteiger partial charge in [0.25, 0.3) is 0 Å². The van der Waals surface area contributed by atoms with Gasteiger partial charge < -0.3 is 5.32 Å². The summed E-state index contributed by atoms with van der Waals surface area (Å²) in [5, 5.41) is 2.91. The number of para-hydroxylation sites is 1. The number of anilines is 1. The van der Waals surface area contributed by atoms with Gasteiger partial charge in [0.15, 0.2) is 0 Å². The van der Waals surface area contributed by atoms with E-state index in [-0.39, 0.29) is 5.69 Å². The Labute approximate surface area is 111 Å². The number of benzene rings is 1. The lowest BCUT2D eigenvalue weighted by Crippen LogP contribution is -2.31. The zero-order valence-electron chi connectivity index (χ0n) is 11.0. The van der Waals surface area contributed by atoms with Gasteiger partial charge in [0.2, 0.25) is 0 Å². The minimum atomic E-state index is -4.30. The lowest BCUT2D eigenvalue weighted by atomic mass is 10.1. The Kier molecular flexibility index (Phi) is 4.34. The summed E-state index contributed by atoms with van der Waals surface area (Å²) in [6, 6.07) is 6.27. The molecule has 0 unspecified atom stereocenters. The SMILES string of the molecule is CCN(CCNc1ccccc1C(F)(F)F)C1CC1. The summed E-state index contributed by atoms with van der Waals surface area (Å²) in [5.41, 5.74) is -0.425. The normalized spacial score (nSPS) is 15.8. The van der Waals surface area contributed by atoms with Gasteiger partial charge in [0, 0.05) is 24.8 Å². The van der Waals surface area contributed by atoms with Crippen molar-refractivity contribution in [3.63, 3.8) is 0 Å². The molecule has 106 valence electrons. The summed E-state index contributed by atoms with van der Waals surface area (Å²) < 4.78 is 38.4. The molecule has 0 aliphatic heterocycles. The van der Waals surface area contributed by atoms with Crippen molar-refractivity contribution in [3.8, 4) is 0 Å². The topological polar surface area (TPSA) is 15.3 Å². The minimum Gasteiger partial charge on any atom is -0.383 e. The van der Waals surface area contributed by atoms with E-state index >= 15 is 0 Å². The van der Waals surface area contributed by atoms with E-state index in [0.717, 1.165) is 19.2 Å². The van der Waals surface area contributed by atoms with Gasteiger partial charge in [-0.2, -0.15) is 13.2 Å². The van der Waals surface area contributed by atoms with Gasteiger partial charge in [-0.3, -0.25) is 4.90 Å². The lowest BCUT2D eigenvalue weighted by molar-refractivity contribution is -0.136. The van der Waals surface area contributed by atoms with E-state index in [1.54, 1.807) is 6.07 Å².